The number of fused-ring (bicyclic) bond motifs is 6. The molecule has 4 aliphatic rings. The van der Waals surface area contributed by atoms with Gasteiger partial charge in [0.05, 0.1) is 19.8 Å². The highest BCUT2D eigenvalue weighted by Crippen LogP contribution is 2.65. The molecule has 0 bridgehead atoms. The van der Waals surface area contributed by atoms with Crippen molar-refractivity contribution in [1.82, 2.24) is 0 Å². The fourth-order valence-electron chi connectivity index (χ4n) is 6.06. The zero-order valence-corrected chi connectivity index (χ0v) is 15.2. The maximum Gasteiger partial charge on any atom is 0.320 e. The highest BCUT2D eigenvalue weighted by atomic mass is 16.7. The van der Waals surface area contributed by atoms with Gasteiger partial charge in [0.25, 0.3) is 0 Å². The van der Waals surface area contributed by atoms with E-state index in [-0.39, 0.29) is 23.7 Å². The van der Waals surface area contributed by atoms with Gasteiger partial charge in [-0.15, -0.1) is 0 Å². The molecule has 1 spiro atoms. The molecule has 0 radical (unpaired) electrons. The minimum Gasteiger partial charge on any atom is -0.426 e. The zero-order valence-electron chi connectivity index (χ0n) is 15.2. The SMILES string of the molecule is CCOCC12C(=O)Oc3ccccc3C1CC1(OCCO1)C1CCCC12. The maximum absolute atomic E-state index is 13.4. The minimum atomic E-state index is -0.633. The Labute approximate surface area is 153 Å². The quantitative estimate of drug-likeness (QED) is 0.613. The number of ether oxygens (including phenoxy) is 4. The van der Waals surface area contributed by atoms with Crippen molar-refractivity contribution in [2.45, 2.75) is 44.3 Å². The summed E-state index contributed by atoms with van der Waals surface area (Å²) in [6.07, 6.45) is 3.84. The topological polar surface area (TPSA) is 54.0 Å². The molecule has 0 amide bonds. The Kier molecular flexibility index (Phi) is 3.89. The Morgan fingerprint density at radius 1 is 1.15 bits per heavy atom. The average Bonchev–Trinajstić information content (AvgIpc) is 3.32. The van der Waals surface area contributed by atoms with Gasteiger partial charge in [-0.2, -0.15) is 0 Å². The molecule has 2 saturated carbocycles. The van der Waals surface area contributed by atoms with E-state index in [1.165, 1.54) is 0 Å². The molecule has 1 saturated heterocycles. The summed E-state index contributed by atoms with van der Waals surface area (Å²) in [5.74, 6) is 0.417. The molecule has 1 aromatic carbocycles. The molecule has 2 heterocycles. The van der Waals surface area contributed by atoms with Gasteiger partial charge in [0.15, 0.2) is 5.79 Å². The molecule has 140 valence electrons. The molecular formula is C21H26O5. The molecule has 3 fully saturated rings. The van der Waals surface area contributed by atoms with Crippen LogP contribution in [0.3, 0.4) is 0 Å². The van der Waals surface area contributed by atoms with Crippen LogP contribution in [0.25, 0.3) is 0 Å². The summed E-state index contributed by atoms with van der Waals surface area (Å²) >= 11 is 0. The number of benzene rings is 1. The summed E-state index contributed by atoms with van der Waals surface area (Å²) in [4.78, 5) is 13.4. The van der Waals surface area contributed by atoms with E-state index in [0.29, 0.717) is 38.6 Å². The Morgan fingerprint density at radius 2 is 1.92 bits per heavy atom. The van der Waals surface area contributed by atoms with Crippen molar-refractivity contribution in [1.29, 1.82) is 0 Å². The Morgan fingerprint density at radius 3 is 2.73 bits per heavy atom. The van der Waals surface area contributed by atoms with Crippen molar-refractivity contribution in [2.75, 3.05) is 26.4 Å². The number of rotatable bonds is 3. The number of para-hydroxylation sites is 1. The first kappa shape index (κ1) is 16.7. The van der Waals surface area contributed by atoms with Crippen LogP contribution in [0.5, 0.6) is 5.75 Å². The summed E-state index contributed by atoms with van der Waals surface area (Å²) in [7, 11) is 0. The summed E-state index contributed by atoms with van der Waals surface area (Å²) < 4.78 is 24.2. The van der Waals surface area contributed by atoms with Crippen molar-refractivity contribution < 1.29 is 23.7 Å². The van der Waals surface area contributed by atoms with E-state index >= 15 is 0 Å². The second kappa shape index (κ2) is 6.04. The molecule has 4 unspecified atom stereocenters. The van der Waals surface area contributed by atoms with Gasteiger partial charge in [0, 0.05) is 24.9 Å². The first-order valence-corrected chi connectivity index (χ1v) is 9.88. The third kappa shape index (κ3) is 2.11. The van der Waals surface area contributed by atoms with Crippen molar-refractivity contribution in [3.8, 4) is 5.75 Å². The first-order valence-electron chi connectivity index (χ1n) is 9.88. The van der Waals surface area contributed by atoms with Crippen molar-refractivity contribution in [2.24, 2.45) is 17.3 Å². The zero-order chi connectivity index (χ0) is 17.8. The predicted octanol–water partition coefficient (Wildman–Crippen LogP) is 3.28. The number of esters is 1. The summed E-state index contributed by atoms with van der Waals surface area (Å²) in [5, 5.41) is 0. The number of carbonyl (C=O) groups is 1. The van der Waals surface area contributed by atoms with Crippen LogP contribution in [0.2, 0.25) is 0 Å². The van der Waals surface area contributed by atoms with Crippen molar-refractivity contribution in [3.05, 3.63) is 29.8 Å². The van der Waals surface area contributed by atoms with Crippen molar-refractivity contribution in [3.63, 3.8) is 0 Å². The van der Waals surface area contributed by atoms with E-state index < -0.39 is 11.2 Å². The van der Waals surface area contributed by atoms with Crippen LogP contribution in [-0.4, -0.2) is 38.2 Å². The van der Waals surface area contributed by atoms with Crippen LogP contribution in [-0.2, 0) is 19.0 Å². The largest absolute Gasteiger partial charge is 0.426 e. The van der Waals surface area contributed by atoms with Gasteiger partial charge >= 0.3 is 5.97 Å². The van der Waals surface area contributed by atoms with E-state index in [1.807, 2.05) is 25.1 Å². The Bertz CT molecular complexity index is 710. The fourth-order valence-corrected chi connectivity index (χ4v) is 6.06. The van der Waals surface area contributed by atoms with Crippen LogP contribution in [0, 0.1) is 17.3 Å². The molecule has 1 aromatic rings. The van der Waals surface area contributed by atoms with Crippen molar-refractivity contribution >= 4 is 5.97 Å². The highest BCUT2D eigenvalue weighted by Gasteiger charge is 2.69. The summed E-state index contributed by atoms with van der Waals surface area (Å²) in [6, 6.07) is 7.92. The molecule has 5 heteroatoms. The van der Waals surface area contributed by atoms with Crippen LogP contribution < -0.4 is 4.74 Å². The van der Waals surface area contributed by atoms with Gasteiger partial charge < -0.3 is 18.9 Å². The lowest BCUT2D eigenvalue weighted by Gasteiger charge is -2.56. The molecule has 5 rings (SSSR count). The predicted molar refractivity (Wildman–Crippen MR) is 93.8 cm³/mol. The van der Waals surface area contributed by atoms with Crippen LogP contribution in [0.1, 0.15) is 44.1 Å². The Balaban J connectivity index is 1.67. The highest BCUT2D eigenvalue weighted by molar-refractivity contribution is 5.84. The summed E-state index contributed by atoms with van der Waals surface area (Å²) in [6.45, 7) is 4.27. The van der Waals surface area contributed by atoms with Crippen LogP contribution >= 0.6 is 0 Å². The van der Waals surface area contributed by atoms with Crippen LogP contribution in [0.15, 0.2) is 24.3 Å². The third-order valence-corrected chi connectivity index (χ3v) is 7.05. The molecule has 0 aromatic heterocycles. The molecule has 26 heavy (non-hydrogen) atoms. The molecule has 0 N–H and O–H groups in total. The van der Waals surface area contributed by atoms with E-state index in [4.69, 9.17) is 18.9 Å². The number of hydrogen-bond acceptors (Lipinski definition) is 5. The molecular weight excluding hydrogens is 332 g/mol. The van der Waals surface area contributed by atoms with Gasteiger partial charge in [0.2, 0.25) is 0 Å². The van der Waals surface area contributed by atoms with E-state index in [9.17, 15) is 4.79 Å². The van der Waals surface area contributed by atoms with E-state index in [2.05, 4.69) is 6.07 Å². The standard InChI is InChI=1S/C21H26O5/c1-2-23-13-20-15-7-5-8-16(15)21(24-10-11-25-21)12-17(20)14-6-3-4-9-18(14)26-19(20)22/h3-4,6,9,15-17H,2,5,7-8,10-13H2,1H3. The van der Waals surface area contributed by atoms with Gasteiger partial charge in [0.1, 0.15) is 11.2 Å². The second-order valence-corrected chi connectivity index (χ2v) is 8.01. The molecule has 2 aliphatic carbocycles. The lowest BCUT2D eigenvalue weighted by atomic mass is 9.53. The summed E-state index contributed by atoms with van der Waals surface area (Å²) in [5.41, 5.74) is 0.460. The van der Waals surface area contributed by atoms with Crippen LogP contribution in [0.4, 0.5) is 0 Å². The number of hydrogen-bond donors (Lipinski definition) is 0. The molecule has 4 atom stereocenters. The van der Waals surface area contributed by atoms with Gasteiger partial charge in [-0.25, -0.2) is 0 Å². The number of carbonyl (C=O) groups excluding carboxylic acids is 1. The van der Waals surface area contributed by atoms with Gasteiger partial charge in [-0.05, 0) is 37.3 Å². The molecule has 2 aliphatic heterocycles. The normalized spacial score (nSPS) is 37.1. The molecule has 5 nitrogen and oxygen atoms in total. The van der Waals surface area contributed by atoms with Gasteiger partial charge in [-0.3, -0.25) is 4.79 Å². The average molecular weight is 358 g/mol. The minimum absolute atomic E-state index is 0.00366. The maximum atomic E-state index is 13.4. The first-order chi connectivity index (χ1) is 12.7. The second-order valence-electron chi connectivity index (χ2n) is 8.01. The lowest BCUT2D eigenvalue weighted by Crippen LogP contribution is -2.62. The monoisotopic (exact) mass is 358 g/mol. The smallest absolute Gasteiger partial charge is 0.320 e. The third-order valence-electron chi connectivity index (χ3n) is 7.05. The van der Waals surface area contributed by atoms with Gasteiger partial charge in [-0.1, -0.05) is 24.6 Å². The lowest BCUT2D eigenvalue weighted by molar-refractivity contribution is -0.255. The van der Waals surface area contributed by atoms with E-state index in [1.54, 1.807) is 0 Å². The fraction of sp³-hybridized carbons (Fsp3) is 0.667. The Hall–Kier alpha value is -1.43. The van der Waals surface area contributed by atoms with E-state index in [0.717, 1.165) is 24.8 Å².